The van der Waals surface area contributed by atoms with Gasteiger partial charge in [0, 0.05) is 31.6 Å². The molecule has 4 heteroatoms. The van der Waals surface area contributed by atoms with E-state index in [0.29, 0.717) is 0 Å². The lowest BCUT2D eigenvalue weighted by molar-refractivity contribution is 0.319. The Hall–Kier alpha value is -0.580. The number of benzene rings is 1. The summed E-state index contributed by atoms with van der Waals surface area (Å²) in [6.45, 7) is 8.94. The van der Waals surface area contributed by atoms with E-state index in [1.54, 1.807) is 7.11 Å². The van der Waals surface area contributed by atoms with Gasteiger partial charge in [-0.3, -0.25) is 0 Å². The lowest BCUT2D eigenvalue weighted by Gasteiger charge is -2.31. The van der Waals surface area contributed by atoms with Crippen molar-refractivity contribution in [1.29, 1.82) is 0 Å². The highest BCUT2D eigenvalue weighted by atomic mass is 79.9. The maximum Gasteiger partial charge on any atom is 0.133 e. The van der Waals surface area contributed by atoms with Gasteiger partial charge >= 0.3 is 0 Å². The molecule has 106 valence electrons. The molecule has 0 aromatic heterocycles. The zero-order valence-electron chi connectivity index (χ0n) is 11.9. The Morgan fingerprint density at radius 2 is 2.16 bits per heavy atom. The van der Waals surface area contributed by atoms with Gasteiger partial charge in [0.15, 0.2) is 0 Å². The quantitative estimate of drug-likeness (QED) is 0.842. The Morgan fingerprint density at radius 1 is 1.42 bits per heavy atom. The summed E-state index contributed by atoms with van der Waals surface area (Å²) < 4.78 is 6.30. The monoisotopic (exact) mass is 326 g/mol. The van der Waals surface area contributed by atoms with Gasteiger partial charge in [-0.1, -0.05) is 19.9 Å². The van der Waals surface area contributed by atoms with Crippen molar-refractivity contribution in [3.8, 4) is 5.75 Å². The fourth-order valence-electron chi connectivity index (χ4n) is 2.27. The van der Waals surface area contributed by atoms with Gasteiger partial charge < -0.3 is 15.4 Å². The van der Waals surface area contributed by atoms with Crippen molar-refractivity contribution >= 4 is 15.9 Å². The molecule has 1 aromatic carbocycles. The van der Waals surface area contributed by atoms with E-state index in [4.69, 9.17) is 4.74 Å². The van der Waals surface area contributed by atoms with E-state index >= 15 is 0 Å². The maximum absolute atomic E-state index is 5.28. The van der Waals surface area contributed by atoms with E-state index in [-0.39, 0.29) is 5.41 Å². The van der Waals surface area contributed by atoms with Gasteiger partial charge in [-0.15, -0.1) is 0 Å². The fraction of sp³-hybridized carbons (Fsp3) is 0.600. The van der Waals surface area contributed by atoms with Crippen molar-refractivity contribution in [2.45, 2.75) is 19.3 Å². The molecule has 0 spiro atoms. The molecular weight excluding hydrogens is 304 g/mol. The van der Waals surface area contributed by atoms with Crippen molar-refractivity contribution in [2.24, 2.45) is 5.92 Å². The molecule has 1 aromatic rings. The summed E-state index contributed by atoms with van der Waals surface area (Å²) in [5, 5.41) is 6.89. The summed E-state index contributed by atoms with van der Waals surface area (Å²) >= 11 is 3.56. The minimum atomic E-state index is 0.117. The van der Waals surface area contributed by atoms with Crippen LogP contribution in [0.2, 0.25) is 0 Å². The summed E-state index contributed by atoms with van der Waals surface area (Å²) in [5.74, 6) is 1.69. The van der Waals surface area contributed by atoms with Gasteiger partial charge in [0.25, 0.3) is 0 Å². The van der Waals surface area contributed by atoms with Crippen LogP contribution in [0.1, 0.15) is 19.4 Å². The van der Waals surface area contributed by atoms with Crippen molar-refractivity contribution < 1.29 is 4.74 Å². The molecule has 0 amide bonds. The molecule has 0 aliphatic carbocycles. The summed E-state index contributed by atoms with van der Waals surface area (Å²) in [6, 6.07) is 6.33. The Balaban J connectivity index is 1.95. The molecule has 3 nitrogen and oxygen atoms in total. The Labute approximate surface area is 124 Å². The van der Waals surface area contributed by atoms with Crippen LogP contribution in [0.3, 0.4) is 0 Å². The SMILES string of the molecule is COc1ccc(C(C)(C)CNCC2CNC2)cc1Br. The second-order valence-corrected chi connectivity index (χ2v) is 6.74. The minimum absolute atomic E-state index is 0.117. The lowest BCUT2D eigenvalue weighted by Crippen LogP contribution is -2.48. The van der Waals surface area contributed by atoms with E-state index in [1.165, 1.54) is 5.56 Å². The average Bonchev–Trinajstić information content (AvgIpc) is 2.32. The Kier molecular flexibility index (Phi) is 4.87. The third-order valence-electron chi connectivity index (χ3n) is 3.80. The van der Waals surface area contributed by atoms with Gasteiger partial charge in [-0.05, 0) is 39.5 Å². The molecule has 0 atom stereocenters. The van der Waals surface area contributed by atoms with Crippen LogP contribution in [0.25, 0.3) is 0 Å². The van der Waals surface area contributed by atoms with E-state index in [0.717, 1.165) is 42.3 Å². The van der Waals surface area contributed by atoms with Crippen molar-refractivity contribution in [3.63, 3.8) is 0 Å². The number of hydrogen-bond acceptors (Lipinski definition) is 3. The van der Waals surface area contributed by atoms with Crippen LogP contribution in [0, 0.1) is 5.92 Å². The third-order valence-corrected chi connectivity index (χ3v) is 4.42. The molecule has 1 heterocycles. The highest BCUT2D eigenvalue weighted by molar-refractivity contribution is 9.10. The maximum atomic E-state index is 5.28. The van der Waals surface area contributed by atoms with Gasteiger partial charge in [0.1, 0.15) is 5.75 Å². The number of hydrogen-bond donors (Lipinski definition) is 2. The molecule has 0 unspecified atom stereocenters. The largest absolute Gasteiger partial charge is 0.496 e. The topological polar surface area (TPSA) is 33.3 Å². The predicted octanol–water partition coefficient (Wildman–Crippen LogP) is 2.54. The second kappa shape index (κ2) is 6.25. The average molecular weight is 327 g/mol. The summed E-state index contributed by atoms with van der Waals surface area (Å²) in [6.07, 6.45) is 0. The van der Waals surface area contributed by atoms with Crippen molar-refractivity contribution in [3.05, 3.63) is 28.2 Å². The van der Waals surface area contributed by atoms with Crippen LogP contribution >= 0.6 is 15.9 Å². The number of nitrogens with one attached hydrogen (secondary N) is 2. The van der Waals surface area contributed by atoms with E-state index in [1.807, 2.05) is 6.07 Å². The first-order valence-corrected chi connectivity index (χ1v) is 7.57. The van der Waals surface area contributed by atoms with Gasteiger partial charge in [0.2, 0.25) is 0 Å². The standard InChI is InChI=1S/C15H23BrN2O/c1-15(2,10-18-9-11-7-17-8-11)12-4-5-14(19-3)13(16)6-12/h4-6,11,17-18H,7-10H2,1-3H3. The first kappa shape index (κ1) is 14.8. The fourth-order valence-corrected chi connectivity index (χ4v) is 2.81. The van der Waals surface area contributed by atoms with Crippen LogP contribution in [0.5, 0.6) is 5.75 Å². The van der Waals surface area contributed by atoms with Crippen LogP contribution in [0.4, 0.5) is 0 Å². The molecule has 0 radical (unpaired) electrons. The summed E-state index contributed by atoms with van der Waals surface area (Å²) in [4.78, 5) is 0. The molecule has 1 fully saturated rings. The second-order valence-electron chi connectivity index (χ2n) is 5.89. The van der Waals surface area contributed by atoms with E-state index < -0.39 is 0 Å². The molecule has 1 aliphatic rings. The molecule has 2 rings (SSSR count). The molecule has 19 heavy (non-hydrogen) atoms. The van der Waals surface area contributed by atoms with Crippen LogP contribution < -0.4 is 15.4 Å². The van der Waals surface area contributed by atoms with Gasteiger partial charge in [-0.2, -0.15) is 0 Å². The number of ether oxygens (including phenoxy) is 1. The zero-order chi connectivity index (χ0) is 13.9. The van der Waals surface area contributed by atoms with Gasteiger partial charge in [0.05, 0.1) is 11.6 Å². The van der Waals surface area contributed by atoms with Crippen LogP contribution in [-0.2, 0) is 5.41 Å². The Bertz CT molecular complexity index is 430. The first-order chi connectivity index (χ1) is 9.03. The molecule has 0 bridgehead atoms. The van der Waals surface area contributed by atoms with Crippen molar-refractivity contribution in [1.82, 2.24) is 10.6 Å². The van der Waals surface area contributed by atoms with Crippen LogP contribution in [0.15, 0.2) is 22.7 Å². The summed E-state index contributed by atoms with van der Waals surface area (Å²) in [5.41, 5.74) is 1.44. The van der Waals surface area contributed by atoms with Crippen LogP contribution in [-0.4, -0.2) is 33.3 Å². The van der Waals surface area contributed by atoms with Gasteiger partial charge in [-0.25, -0.2) is 0 Å². The van der Waals surface area contributed by atoms with Crippen molar-refractivity contribution in [2.75, 3.05) is 33.3 Å². The third kappa shape index (κ3) is 3.71. The lowest BCUT2D eigenvalue weighted by atomic mass is 9.84. The highest BCUT2D eigenvalue weighted by Crippen LogP contribution is 2.31. The molecule has 1 aliphatic heterocycles. The predicted molar refractivity (Wildman–Crippen MR) is 82.9 cm³/mol. The smallest absolute Gasteiger partial charge is 0.133 e. The van der Waals surface area contributed by atoms with E-state index in [2.05, 4.69) is 52.5 Å². The Morgan fingerprint density at radius 3 is 2.68 bits per heavy atom. The number of halogens is 1. The molecule has 2 N–H and O–H groups in total. The minimum Gasteiger partial charge on any atom is -0.496 e. The van der Waals surface area contributed by atoms with E-state index in [9.17, 15) is 0 Å². The zero-order valence-corrected chi connectivity index (χ0v) is 13.5. The number of rotatable bonds is 6. The number of methoxy groups -OCH3 is 1. The normalized spacial score (nSPS) is 16.2. The molecule has 0 saturated carbocycles. The molecule has 1 saturated heterocycles. The first-order valence-electron chi connectivity index (χ1n) is 6.78. The summed E-state index contributed by atoms with van der Waals surface area (Å²) in [7, 11) is 1.69. The highest BCUT2D eigenvalue weighted by Gasteiger charge is 2.23. The molecular formula is C15H23BrN2O.